The van der Waals surface area contributed by atoms with E-state index in [0.717, 1.165) is 32.9 Å². The summed E-state index contributed by atoms with van der Waals surface area (Å²) in [6.07, 6.45) is 0.257. The highest BCUT2D eigenvalue weighted by molar-refractivity contribution is 7.99. The molecule has 6 heteroatoms. The number of nitrogens with zero attached hydrogens (tertiary/aromatic N) is 1. The topological polar surface area (TPSA) is 58.6 Å². The van der Waals surface area contributed by atoms with Crippen LogP contribution in [0.25, 0.3) is 5.57 Å². The van der Waals surface area contributed by atoms with Gasteiger partial charge in [-0.25, -0.2) is 0 Å². The number of nitrogens with one attached hydrogen (secondary N) is 1. The number of hydrogen-bond donors (Lipinski definition) is 1. The van der Waals surface area contributed by atoms with E-state index in [1.165, 1.54) is 0 Å². The van der Waals surface area contributed by atoms with Crippen LogP contribution in [0.5, 0.6) is 5.75 Å². The van der Waals surface area contributed by atoms with Crippen molar-refractivity contribution >= 4 is 29.1 Å². The summed E-state index contributed by atoms with van der Waals surface area (Å²) in [5.74, 6) is 0.650. The lowest BCUT2D eigenvalue weighted by Gasteiger charge is -2.32. The number of rotatable bonds is 7. The molecule has 3 aromatic rings. The van der Waals surface area contributed by atoms with Crippen LogP contribution < -0.4 is 10.1 Å². The van der Waals surface area contributed by atoms with Crippen LogP contribution in [0.3, 0.4) is 0 Å². The molecule has 3 aromatic carbocycles. The van der Waals surface area contributed by atoms with Gasteiger partial charge in [0.25, 0.3) is 5.91 Å². The van der Waals surface area contributed by atoms with Gasteiger partial charge < -0.3 is 9.64 Å². The van der Waals surface area contributed by atoms with E-state index in [4.69, 9.17) is 4.74 Å². The Morgan fingerprint density at radius 2 is 1.70 bits per heavy atom. The molecule has 1 N–H and O–H groups in total. The molecule has 0 aromatic heterocycles. The second-order valence-corrected chi connectivity index (χ2v) is 8.93. The smallest absolute Gasteiger partial charge is 0.274 e. The minimum Gasteiger partial charge on any atom is -0.497 e. The van der Waals surface area contributed by atoms with Gasteiger partial charge in [-0.05, 0) is 41.0 Å². The molecule has 0 saturated carbocycles. The van der Waals surface area contributed by atoms with Gasteiger partial charge in [0.2, 0.25) is 5.91 Å². The SMILES string of the molecule is COc1ccc2c(c1)C(c1ccccc1)=C(C(=O)NC(=O)CCSc1ccccc1)N(C)C2. The number of likely N-dealkylation sites (N-methyl/N-ethyl adjacent to an activating group) is 1. The Hall–Kier alpha value is -3.51. The van der Waals surface area contributed by atoms with Crippen molar-refractivity contribution in [2.24, 2.45) is 0 Å². The van der Waals surface area contributed by atoms with Gasteiger partial charge in [0.05, 0.1) is 7.11 Å². The summed E-state index contributed by atoms with van der Waals surface area (Å²) in [6.45, 7) is 0.566. The van der Waals surface area contributed by atoms with Crippen molar-refractivity contribution in [2.45, 2.75) is 17.9 Å². The Bertz CT molecular complexity index is 1180. The molecule has 168 valence electrons. The molecule has 0 unspecified atom stereocenters. The predicted molar refractivity (Wildman–Crippen MR) is 132 cm³/mol. The molecular formula is C27H26N2O3S. The van der Waals surface area contributed by atoms with Crippen molar-refractivity contribution in [1.82, 2.24) is 10.2 Å². The van der Waals surface area contributed by atoms with E-state index in [2.05, 4.69) is 5.32 Å². The number of fused-ring (bicyclic) bond motifs is 1. The molecule has 4 rings (SSSR count). The number of imide groups is 1. The van der Waals surface area contributed by atoms with Crippen LogP contribution in [0.2, 0.25) is 0 Å². The number of amides is 2. The first-order chi connectivity index (χ1) is 16.1. The highest BCUT2D eigenvalue weighted by Crippen LogP contribution is 2.37. The molecule has 0 saturated heterocycles. The first-order valence-electron chi connectivity index (χ1n) is 10.8. The molecule has 1 aliphatic rings. The minimum atomic E-state index is -0.389. The zero-order valence-corrected chi connectivity index (χ0v) is 19.5. The van der Waals surface area contributed by atoms with E-state index >= 15 is 0 Å². The van der Waals surface area contributed by atoms with Gasteiger partial charge in [-0.2, -0.15) is 0 Å². The van der Waals surface area contributed by atoms with Crippen LogP contribution in [0.1, 0.15) is 23.1 Å². The number of carbonyl (C=O) groups is 2. The summed E-state index contributed by atoms with van der Waals surface area (Å²) in [4.78, 5) is 28.9. The van der Waals surface area contributed by atoms with Gasteiger partial charge in [0.15, 0.2) is 0 Å². The summed E-state index contributed by atoms with van der Waals surface area (Å²) in [6, 6.07) is 25.6. The van der Waals surface area contributed by atoms with Gasteiger partial charge in [-0.3, -0.25) is 14.9 Å². The number of ether oxygens (including phenoxy) is 1. The fraction of sp³-hybridized carbons (Fsp3) is 0.185. The van der Waals surface area contributed by atoms with Crippen LogP contribution in [-0.2, 0) is 16.1 Å². The predicted octanol–water partition coefficient (Wildman–Crippen LogP) is 4.73. The molecular weight excluding hydrogens is 432 g/mol. The Morgan fingerprint density at radius 1 is 1.00 bits per heavy atom. The third-order valence-corrected chi connectivity index (χ3v) is 6.50. The molecule has 0 aliphatic carbocycles. The van der Waals surface area contributed by atoms with E-state index in [1.54, 1.807) is 18.9 Å². The van der Waals surface area contributed by atoms with Gasteiger partial charge in [0, 0.05) is 36.2 Å². The number of carbonyl (C=O) groups excluding carboxylic acids is 2. The van der Waals surface area contributed by atoms with Crippen LogP contribution in [-0.4, -0.2) is 36.6 Å². The van der Waals surface area contributed by atoms with E-state index in [0.29, 0.717) is 18.0 Å². The number of benzene rings is 3. The lowest BCUT2D eigenvalue weighted by Crippen LogP contribution is -2.39. The quantitative estimate of drug-likeness (QED) is 0.519. The van der Waals surface area contributed by atoms with Gasteiger partial charge >= 0.3 is 0 Å². The van der Waals surface area contributed by atoms with Crippen molar-refractivity contribution < 1.29 is 14.3 Å². The van der Waals surface area contributed by atoms with Gasteiger partial charge in [-0.15, -0.1) is 11.8 Å². The van der Waals surface area contributed by atoms with Crippen molar-refractivity contribution in [3.8, 4) is 5.75 Å². The average molecular weight is 459 g/mol. The Balaban J connectivity index is 1.60. The molecule has 0 atom stereocenters. The molecule has 1 heterocycles. The first-order valence-corrected chi connectivity index (χ1v) is 11.8. The van der Waals surface area contributed by atoms with Crippen molar-refractivity contribution in [2.75, 3.05) is 19.9 Å². The average Bonchev–Trinajstić information content (AvgIpc) is 2.84. The maximum atomic E-state index is 13.3. The van der Waals surface area contributed by atoms with Crippen LogP contribution in [0.15, 0.2) is 89.5 Å². The molecule has 33 heavy (non-hydrogen) atoms. The largest absolute Gasteiger partial charge is 0.497 e. The molecule has 2 amide bonds. The number of thioether (sulfide) groups is 1. The molecule has 0 fully saturated rings. The summed E-state index contributed by atoms with van der Waals surface area (Å²) in [7, 11) is 3.50. The van der Waals surface area contributed by atoms with E-state index in [-0.39, 0.29) is 18.2 Å². The van der Waals surface area contributed by atoms with Gasteiger partial charge in [0.1, 0.15) is 11.4 Å². The van der Waals surface area contributed by atoms with Crippen molar-refractivity contribution in [3.05, 3.63) is 101 Å². The second-order valence-electron chi connectivity index (χ2n) is 7.76. The van der Waals surface area contributed by atoms with Crippen molar-refractivity contribution in [3.63, 3.8) is 0 Å². The lowest BCUT2D eigenvalue weighted by molar-refractivity contribution is -0.128. The normalized spacial score (nSPS) is 12.8. The summed E-state index contributed by atoms with van der Waals surface area (Å²) >= 11 is 1.60. The highest BCUT2D eigenvalue weighted by atomic mass is 32.2. The van der Waals surface area contributed by atoms with E-state index < -0.39 is 0 Å². The van der Waals surface area contributed by atoms with Crippen LogP contribution in [0, 0.1) is 0 Å². The standard InChI is InChI=1S/C27H26N2O3S/c1-29-18-20-13-14-21(32-2)17-23(20)25(19-9-5-3-6-10-19)26(29)27(31)28-24(30)15-16-33-22-11-7-4-8-12-22/h3-14,17H,15-16,18H2,1-2H3,(H,28,30,31). The maximum Gasteiger partial charge on any atom is 0.274 e. The van der Waals surface area contributed by atoms with Crippen LogP contribution in [0.4, 0.5) is 0 Å². The third-order valence-electron chi connectivity index (χ3n) is 5.48. The highest BCUT2D eigenvalue weighted by Gasteiger charge is 2.29. The third kappa shape index (κ3) is 5.29. The molecule has 0 radical (unpaired) electrons. The molecule has 0 spiro atoms. The van der Waals surface area contributed by atoms with Crippen molar-refractivity contribution in [1.29, 1.82) is 0 Å². The lowest BCUT2D eigenvalue weighted by atomic mass is 9.88. The van der Waals surface area contributed by atoms with Gasteiger partial charge in [-0.1, -0.05) is 54.6 Å². The van der Waals surface area contributed by atoms with Crippen LogP contribution >= 0.6 is 11.8 Å². The molecule has 0 bridgehead atoms. The Morgan fingerprint density at radius 3 is 2.39 bits per heavy atom. The number of hydrogen-bond acceptors (Lipinski definition) is 5. The zero-order chi connectivity index (χ0) is 23.2. The van der Waals surface area contributed by atoms with E-state index in [9.17, 15) is 9.59 Å². The zero-order valence-electron chi connectivity index (χ0n) is 18.7. The molecule has 5 nitrogen and oxygen atoms in total. The molecule has 1 aliphatic heterocycles. The van der Waals surface area contributed by atoms with E-state index in [1.807, 2.05) is 90.8 Å². The second kappa shape index (κ2) is 10.4. The summed E-state index contributed by atoms with van der Waals surface area (Å²) in [5, 5.41) is 2.60. The first kappa shape index (κ1) is 22.7. The summed E-state index contributed by atoms with van der Waals surface area (Å²) in [5.41, 5.74) is 4.22. The monoisotopic (exact) mass is 458 g/mol. The number of methoxy groups -OCH3 is 1. The maximum absolute atomic E-state index is 13.3. The fourth-order valence-electron chi connectivity index (χ4n) is 3.92. The fourth-order valence-corrected chi connectivity index (χ4v) is 4.79. The Labute approximate surface area is 198 Å². The Kier molecular flexibility index (Phi) is 7.15. The summed E-state index contributed by atoms with van der Waals surface area (Å²) < 4.78 is 5.44. The minimum absolute atomic E-state index is 0.257.